The van der Waals surface area contributed by atoms with Gasteiger partial charge < -0.3 is 25.0 Å². The second kappa shape index (κ2) is 13.4. The molecule has 43 heavy (non-hydrogen) atoms. The van der Waals surface area contributed by atoms with E-state index in [0.29, 0.717) is 33.3 Å². The fourth-order valence-corrected chi connectivity index (χ4v) is 4.96. The zero-order chi connectivity index (χ0) is 30.3. The molecule has 5 amide bonds. The SMILES string of the molecule is COc1cc(/C=C2\NC(=O)N(CC(=O)Nc3ccc(Cl)cc3)C2=O)ccc1OCc1ccc(C(=O)N2CCCCC2)cc1. The fourth-order valence-electron chi connectivity index (χ4n) is 4.84. The van der Waals surface area contributed by atoms with Gasteiger partial charge in [-0.25, -0.2) is 9.69 Å². The summed E-state index contributed by atoms with van der Waals surface area (Å²) in [7, 11) is 1.50. The van der Waals surface area contributed by atoms with Crippen LogP contribution in [0.2, 0.25) is 5.02 Å². The van der Waals surface area contributed by atoms with E-state index in [4.69, 9.17) is 21.1 Å². The van der Waals surface area contributed by atoms with Crippen LogP contribution in [0.4, 0.5) is 10.5 Å². The van der Waals surface area contributed by atoms with E-state index >= 15 is 0 Å². The topological polar surface area (TPSA) is 117 Å². The molecule has 5 rings (SSSR count). The first-order valence-corrected chi connectivity index (χ1v) is 14.3. The predicted octanol–water partition coefficient (Wildman–Crippen LogP) is 5.09. The lowest BCUT2D eigenvalue weighted by Gasteiger charge is -2.26. The highest BCUT2D eigenvalue weighted by molar-refractivity contribution is 6.30. The first-order valence-electron chi connectivity index (χ1n) is 13.9. The molecule has 11 heteroatoms. The van der Waals surface area contributed by atoms with Gasteiger partial charge in [0, 0.05) is 29.4 Å². The summed E-state index contributed by atoms with van der Waals surface area (Å²) in [6, 6.07) is 18.3. The lowest BCUT2D eigenvalue weighted by atomic mass is 10.1. The highest BCUT2D eigenvalue weighted by atomic mass is 35.5. The van der Waals surface area contributed by atoms with Gasteiger partial charge in [-0.05, 0) is 85.0 Å². The predicted molar refractivity (Wildman–Crippen MR) is 162 cm³/mol. The van der Waals surface area contributed by atoms with Crippen molar-refractivity contribution in [3.05, 3.63) is 94.1 Å². The highest BCUT2D eigenvalue weighted by Crippen LogP contribution is 2.30. The molecule has 0 bridgehead atoms. The molecule has 0 spiro atoms. The van der Waals surface area contributed by atoms with Crippen LogP contribution in [-0.2, 0) is 16.2 Å². The number of likely N-dealkylation sites (tertiary alicyclic amines) is 1. The monoisotopic (exact) mass is 602 g/mol. The average Bonchev–Trinajstić information content (AvgIpc) is 3.28. The van der Waals surface area contributed by atoms with E-state index in [1.807, 2.05) is 29.2 Å². The molecule has 0 aliphatic carbocycles. The summed E-state index contributed by atoms with van der Waals surface area (Å²) in [5, 5.41) is 5.66. The number of nitrogens with one attached hydrogen (secondary N) is 2. The van der Waals surface area contributed by atoms with Gasteiger partial charge in [0.05, 0.1) is 7.11 Å². The normalized spacial score (nSPS) is 15.8. The summed E-state index contributed by atoms with van der Waals surface area (Å²) in [5.74, 6) is -0.182. The number of piperidine rings is 1. The van der Waals surface area contributed by atoms with Gasteiger partial charge in [0.25, 0.3) is 11.8 Å². The zero-order valence-electron chi connectivity index (χ0n) is 23.6. The number of carbonyl (C=O) groups is 4. The van der Waals surface area contributed by atoms with Gasteiger partial charge in [-0.15, -0.1) is 0 Å². The Morgan fingerprint density at radius 2 is 1.67 bits per heavy atom. The van der Waals surface area contributed by atoms with E-state index in [0.717, 1.165) is 36.4 Å². The number of hydrogen-bond acceptors (Lipinski definition) is 6. The highest BCUT2D eigenvalue weighted by Gasteiger charge is 2.35. The van der Waals surface area contributed by atoms with Crippen LogP contribution in [0.3, 0.4) is 0 Å². The van der Waals surface area contributed by atoms with Gasteiger partial charge in [-0.3, -0.25) is 14.4 Å². The number of anilines is 1. The molecule has 10 nitrogen and oxygen atoms in total. The van der Waals surface area contributed by atoms with Crippen LogP contribution in [0.25, 0.3) is 6.08 Å². The Morgan fingerprint density at radius 3 is 2.37 bits per heavy atom. The van der Waals surface area contributed by atoms with Crippen LogP contribution < -0.4 is 20.1 Å². The smallest absolute Gasteiger partial charge is 0.329 e. The molecule has 0 unspecified atom stereocenters. The molecular weight excluding hydrogens is 572 g/mol. The zero-order valence-corrected chi connectivity index (χ0v) is 24.4. The molecule has 0 radical (unpaired) electrons. The molecule has 2 N–H and O–H groups in total. The van der Waals surface area contributed by atoms with Crippen molar-refractivity contribution in [3.63, 3.8) is 0 Å². The number of nitrogens with zero attached hydrogens (tertiary/aromatic N) is 2. The molecular formula is C32H31ClN4O6. The van der Waals surface area contributed by atoms with Crippen LogP contribution in [0.15, 0.2) is 72.4 Å². The molecule has 2 heterocycles. The van der Waals surface area contributed by atoms with Crippen LogP contribution in [-0.4, -0.2) is 60.3 Å². The van der Waals surface area contributed by atoms with Gasteiger partial charge in [-0.2, -0.15) is 0 Å². The third-order valence-electron chi connectivity index (χ3n) is 7.13. The third kappa shape index (κ3) is 7.34. The summed E-state index contributed by atoms with van der Waals surface area (Å²) in [6.07, 6.45) is 4.76. The number of ether oxygens (including phenoxy) is 2. The first kappa shape index (κ1) is 29.7. The Kier molecular flexibility index (Phi) is 9.26. The molecule has 0 saturated carbocycles. The lowest BCUT2D eigenvalue weighted by Crippen LogP contribution is -2.38. The van der Waals surface area contributed by atoms with E-state index in [1.54, 1.807) is 42.5 Å². The molecule has 2 aliphatic rings. The van der Waals surface area contributed by atoms with Gasteiger partial charge in [-0.1, -0.05) is 29.8 Å². The first-order chi connectivity index (χ1) is 20.8. The van der Waals surface area contributed by atoms with Crippen LogP contribution in [0.1, 0.15) is 40.7 Å². The van der Waals surface area contributed by atoms with Gasteiger partial charge in [0.2, 0.25) is 5.91 Å². The molecule has 2 aliphatic heterocycles. The Balaban J connectivity index is 1.19. The minimum Gasteiger partial charge on any atom is -0.493 e. The largest absolute Gasteiger partial charge is 0.493 e. The molecule has 3 aromatic rings. The van der Waals surface area contributed by atoms with Crippen molar-refractivity contribution in [2.24, 2.45) is 0 Å². The number of carbonyl (C=O) groups excluding carboxylic acids is 4. The summed E-state index contributed by atoms with van der Waals surface area (Å²) >= 11 is 5.86. The van der Waals surface area contributed by atoms with Crippen molar-refractivity contribution in [1.82, 2.24) is 15.1 Å². The number of methoxy groups -OCH3 is 1. The molecule has 0 atom stereocenters. The quantitative estimate of drug-likeness (QED) is 0.260. The van der Waals surface area contributed by atoms with E-state index in [2.05, 4.69) is 10.6 Å². The van der Waals surface area contributed by atoms with E-state index in [1.165, 1.54) is 19.6 Å². The maximum atomic E-state index is 12.9. The van der Waals surface area contributed by atoms with Gasteiger partial charge >= 0.3 is 6.03 Å². The number of amides is 5. The summed E-state index contributed by atoms with van der Waals surface area (Å²) in [6.45, 7) is 1.42. The Bertz CT molecular complexity index is 1550. The number of imide groups is 1. The van der Waals surface area contributed by atoms with E-state index in [-0.39, 0.29) is 18.2 Å². The van der Waals surface area contributed by atoms with Crippen molar-refractivity contribution in [2.45, 2.75) is 25.9 Å². The molecule has 3 aromatic carbocycles. The van der Waals surface area contributed by atoms with E-state index < -0.39 is 24.4 Å². The maximum absolute atomic E-state index is 12.9. The van der Waals surface area contributed by atoms with Gasteiger partial charge in [0.15, 0.2) is 11.5 Å². The summed E-state index contributed by atoms with van der Waals surface area (Å²) in [4.78, 5) is 53.2. The van der Waals surface area contributed by atoms with Crippen molar-refractivity contribution in [3.8, 4) is 11.5 Å². The van der Waals surface area contributed by atoms with E-state index in [9.17, 15) is 19.2 Å². The number of hydrogen-bond donors (Lipinski definition) is 2. The standard InChI is InChI=1S/C32H31ClN4O6/c1-42-28-18-22(17-26-31(40)37(32(41)35-26)19-29(38)34-25-12-10-24(33)11-13-25)7-14-27(28)43-20-21-5-8-23(9-6-21)30(39)36-15-3-2-4-16-36/h5-14,17-18H,2-4,15-16,19-20H2,1H3,(H,34,38)(H,35,41)/b26-17-. The van der Waals surface area contributed by atoms with Crippen LogP contribution >= 0.6 is 11.6 Å². The van der Waals surface area contributed by atoms with Crippen molar-refractivity contribution in [2.75, 3.05) is 32.1 Å². The number of urea groups is 1. The number of benzene rings is 3. The molecule has 2 fully saturated rings. The summed E-state index contributed by atoms with van der Waals surface area (Å²) in [5.41, 5.74) is 2.66. The third-order valence-corrected chi connectivity index (χ3v) is 7.38. The Hall–Kier alpha value is -4.83. The van der Waals surface area contributed by atoms with Crippen molar-refractivity contribution >= 4 is 47.1 Å². The van der Waals surface area contributed by atoms with Crippen molar-refractivity contribution < 1.29 is 28.7 Å². The Labute approximate surface area is 254 Å². The summed E-state index contributed by atoms with van der Waals surface area (Å²) < 4.78 is 11.5. The average molecular weight is 603 g/mol. The van der Waals surface area contributed by atoms with Crippen LogP contribution in [0.5, 0.6) is 11.5 Å². The lowest BCUT2D eigenvalue weighted by molar-refractivity contribution is -0.127. The second-order valence-corrected chi connectivity index (χ2v) is 10.6. The molecule has 0 aromatic heterocycles. The van der Waals surface area contributed by atoms with Crippen molar-refractivity contribution in [1.29, 1.82) is 0 Å². The second-order valence-electron chi connectivity index (χ2n) is 10.2. The number of rotatable bonds is 9. The minimum absolute atomic E-state index is 0.0270. The number of halogens is 1. The van der Waals surface area contributed by atoms with Gasteiger partial charge in [0.1, 0.15) is 18.8 Å². The molecule has 2 saturated heterocycles. The minimum atomic E-state index is -0.696. The Morgan fingerprint density at radius 1 is 0.953 bits per heavy atom. The fraction of sp³-hybridized carbons (Fsp3) is 0.250. The molecule has 222 valence electrons. The maximum Gasteiger partial charge on any atom is 0.329 e. The van der Waals surface area contributed by atoms with Crippen LogP contribution in [0, 0.1) is 0 Å².